The van der Waals surface area contributed by atoms with E-state index in [9.17, 15) is 4.79 Å². The van der Waals surface area contributed by atoms with Gasteiger partial charge in [-0.25, -0.2) is 4.79 Å². The van der Waals surface area contributed by atoms with E-state index >= 15 is 0 Å². The smallest absolute Gasteiger partial charge is 0.330 e. The summed E-state index contributed by atoms with van der Waals surface area (Å²) in [5.74, 6) is -0.337. The molecular formula is C22H24ClNO2. The first kappa shape index (κ1) is 18.7. The molecule has 1 saturated heterocycles. The summed E-state index contributed by atoms with van der Waals surface area (Å²) in [6.07, 6.45) is 6.59. The summed E-state index contributed by atoms with van der Waals surface area (Å²) in [6.45, 7) is 2.14. The Hall–Kier alpha value is -2.10. The predicted octanol–water partition coefficient (Wildman–Crippen LogP) is 4.91. The Morgan fingerprint density at radius 1 is 1.23 bits per heavy atom. The molecule has 1 heterocycles. The van der Waals surface area contributed by atoms with Crippen LogP contribution < -0.4 is 0 Å². The average Bonchev–Trinajstić information content (AvgIpc) is 3.14. The van der Waals surface area contributed by atoms with Crippen LogP contribution in [-0.2, 0) is 16.0 Å². The fraction of sp³-hybridized carbons (Fsp3) is 0.318. The Balaban J connectivity index is 1.63. The van der Waals surface area contributed by atoms with E-state index in [2.05, 4.69) is 40.0 Å². The third-order valence-electron chi connectivity index (χ3n) is 4.92. The highest BCUT2D eigenvalue weighted by Crippen LogP contribution is 2.32. The third kappa shape index (κ3) is 4.75. The van der Waals surface area contributed by atoms with Crippen LogP contribution in [0.4, 0.5) is 0 Å². The maximum atomic E-state index is 11.2. The number of ether oxygens (including phenoxy) is 1. The molecule has 2 aromatic rings. The number of hydrogen-bond donors (Lipinski definition) is 0. The Bertz CT molecular complexity index is 770. The van der Waals surface area contributed by atoms with E-state index in [4.69, 9.17) is 11.6 Å². The zero-order valence-corrected chi connectivity index (χ0v) is 15.8. The number of benzene rings is 2. The summed E-state index contributed by atoms with van der Waals surface area (Å²) in [5.41, 5.74) is 3.54. The quantitative estimate of drug-likeness (QED) is 0.535. The molecule has 136 valence electrons. The van der Waals surface area contributed by atoms with Gasteiger partial charge in [-0.15, -0.1) is 0 Å². The zero-order valence-electron chi connectivity index (χ0n) is 15.0. The number of nitrogens with zero attached hydrogens (tertiary/aromatic N) is 1. The van der Waals surface area contributed by atoms with Crippen molar-refractivity contribution in [1.82, 2.24) is 4.90 Å². The van der Waals surface area contributed by atoms with Crippen molar-refractivity contribution in [2.24, 2.45) is 0 Å². The van der Waals surface area contributed by atoms with Gasteiger partial charge in [-0.3, -0.25) is 4.90 Å². The van der Waals surface area contributed by atoms with Gasteiger partial charge in [0.1, 0.15) is 0 Å². The molecule has 4 heteroatoms. The molecule has 1 atom stereocenters. The molecule has 1 aliphatic heterocycles. The molecule has 0 bridgehead atoms. The molecular weight excluding hydrogens is 346 g/mol. The van der Waals surface area contributed by atoms with Crippen molar-refractivity contribution < 1.29 is 9.53 Å². The molecule has 0 amide bonds. The summed E-state index contributed by atoms with van der Waals surface area (Å²) in [7, 11) is 1.38. The van der Waals surface area contributed by atoms with E-state index in [0.29, 0.717) is 6.04 Å². The molecule has 3 rings (SSSR count). The summed E-state index contributed by atoms with van der Waals surface area (Å²) >= 11 is 6.29. The van der Waals surface area contributed by atoms with Crippen LogP contribution in [0.5, 0.6) is 0 Å². The Kier molecular flexibility index (Phi) is 6.48. The summed E-state index contributed by atoms with van der Waals surface area (Å²) in [4.78, 5) is 13.7. The highest BCUT2D eigenvalue weighted by molar-refractivity contribution is 6.31. The lowest BCUT2D eigenvalue weighted by Crippen LogP contribution is -2.25. The van der Waals surface area contributed by atoms with Crippen LogP contribution in [-0.4, -0.2) is 31.1 Å². The van der Waals surface area contributed by atoms with E-state index in [1.165, 1.54) is 37.2 Å². The Morgan fingerprint density at radius 3 is 2.73 bits per heavy atom. The van der Waals surface area contributed by atoms with Crippen LogP contribution in [0.15, 0.2) is 54.6 Å². The minimum absolute atomic E-state index is 0.337. The minimum Gasteiger partial charge on any atom is -0.466 e. The van der Waals surface area contributed by atoms with E-state index in [0.717, 1.165) is 30.1 Å². The van der Waals surface area contributed by atoms with Gasteiger partial charge in [-0.1, -0.05) is 54.1 Å². The van der Waals surface area contributed by atoms with Crippen LogP contribution in [0.2, 0.25) is 5.02 Å². The van der Waals surface area contributed by atoms with Crippen molar-refractivity contribution >= 4 is 23.6 Å². The van der Waals surface area contributed by atoms with Gasteiger partial charge in [-0.2, -0.15) is 0 Å². The normalized spacial score (nSPS) is 17.7. The number of hydrogen-bond acceptors (Lipinski definition) is 3. The minimum atomic E-state index is -0.337. The maximum Gasteiger partial charge on any atom is 0.330 e. The SMILES string of the molecule is COC(=O)/C=C/c1ccc([C@@H]2CCCN2CCc2ccccc2Cl)cc1. The van der Waals surface area contributed by atoms with Gasteiger partial charge in [0.25, 0.3) is 0 Å². The first-order chi connectivity index (χ1) is 12.7. The highest BCUT2D eigenvalue weighted by Gasteiger charge is 2.25. The summed E-state index contributed by atoms with van der Waals surface area (Å²) in [6, 6.07) is 17.0. The van der Waals surface area contributed by atoms with Gasteiger partial charge < -0.3 is 4.74 Å². The number of esters is 1. The number of methoxy groups -OCH3 is 1. The van der Waals surface area contributed by atoms with Crippen molar-refractivity contribution in [2.45, 2.75) is 25.3 Å². The highest BCUT2D eigenvalue weighted by atomic mass is 35.5. The second kappa shape index (κ2) is 9.02. The van der Waals surface area contributed by atoms with Crippen molar-refractivity contribution in [2.75, 3.05) is 20.2 Å². The lowest BCUT2D eigenvalue weighted by Gasteiger charge is -2.25. The second-order valence-electron chi connectivity index (χ2n) is 6.56. The zero-order chi connectivity index (χ0) is 18.4. The standard InChI is InChI=1S/C22H24ClNO2/c1-26-22(25)13-10-17-8-11-19(12-9-17)21-7-4-15-24(21)16-14-18-5-2-3-6-20(18)23/h2-3,5-6,8-13,21H,4,7,14-16H2,1H3/b13-10+/t21-/m0/s1. The largest absolute Gasteiger partial charge is 0.466 e. The number of carbonyl (C=O) groups is 1. The molecule has 3 nitrogen and oxygen atoms in total. The third-order valence-corrected chi connectivity index (χ3v) is 5.29. The number of likely N-dealkylation sites (tertiary alicyclic amines) is 1. The van der Waals surface area contributed by atoms with Crippen LogP contribution in [0.25, 0.3) is 6.08 Å². The van der Waals surface area contributed by atoms with E-state index < -0.39 is 0 Å². The number of carbonyl (C=O) groups excluding carboxylic acids is 1. The van der Waals surface area contributed by atoms with Gasteiger partial charge in [0.15, 0.2) is 0 Å². The van der Waals surface area contributed by atoms with Crippen LogP contribution >= 0.6 is 11.6 Å². The van der Waals surface area contributed by atoms with Crippen LogP contribution in [0.3, 0.4) is 0 Å². The number of rotatable bonds is 6. The van der Waals surface area contributed by atoms with Gasteiger partial charge in [0, 0.05) is 23.7 Å². The molecule has 2 aromatic carbocycles. The van der Waals surface area contributed by atoms with E-state index in [-0.39, 0.29) is 5.97 Å². The number of halogens is 1. The van der Waals surface area contributed by atoms with Crippen LogP contribution in [0.1, 0.15) is 35.6 Å². The summed E-state index contributed by atoms with van der Waals surface area (Å²) in [5, 5.41) is 0.852. The molecule has 0 N–H and O–H groups in total. The van der Waals surface area contributed by atoms with Crippen molar-refractivity contribution in [3.8, 4) is 0 Å². The lowest BCUT2D eigenvalue weighted by molar-refractivity contribution is -0.134. The van der Waals surface area contributed by atoms with Gasteiger partial charge >= 0.3 is 5.97 Å². The molecule has 0 aliphatic carbocycles. The molecule has 26 heavy (non-hydrogen) atoms. The maximum absolute atomic E-state index is 11.2. The molecule has 0 radical (unpaired) electrons. The lowest BCUT2D eigenvalue weighted by atomic mass is 10.0. The Labute approximate surface area is 160 Å². The summed E-state index contributed by atoms with van der Waals surface area (Å²) < 4.78 is 4.62. The van der Waals surface area contributed by atoms with Crippen molar-refractivity contribution in [3.05, 3.63) is 76.3 Å². The molecule has 0 aromatic heterocycles. The molecule has 0 unspecified atom stereocenters. The van der Waals surface area contributed by atoms with Gasteiger partial charge in [-0.05, 0) is 54.6 Å². The first-order valence-corrected chi connectivity index (χ1v) is 9.38. The molecule has 0 spiro atoms. The average molecular weight is 370 g/mol. The molecule has 0 saturated carbocycles. The fourth-order valence-corrected chi connectivity index (χ4v) is 3.73. The van der Waals surface area contributed by atoms with Crippen molar-refractivity contribution in [3.63, 3.8) is 0 Å². The van der Waals surface area contributed by atoms with Crippen molar-refractivity contribution in [1.29, 1.82) is 0 Å². The predicted molar refractivity (Wildman–Crippen MR) is 106 cm³/mol. The first-order valence-electron chi connectivity index (χ1n) is 9.01. The monoisotopic (exact) mass is 369 g/mol. The topological polar surface area (TPSA) is 29.5 Å². The van der Waals surface area contributed by atoms with Gasteiger partial charge in [0.05, 0.1) is 7.11 Å². The van der Waals surface area contributed by atoms with Crippen LogP contribution in [0, 0.1) is 0 Å². The molecule has 1 aliphatic rings. The second-order valence-corrected chi connectivity index (χ2v) is 6.97. The molecule has 1 fully saturated rings. The van der Waals surface area contributed by atoms with Gasteiger partial charge in [0.2, 0.25) is 0 Å². The Morgan fingerprint density at radius 2 is 2.00 bits per heavy atom. The van der Waals surface area contributed by atoms with E-state index in [1.807, 2.05) is 18.2 Å². The fourth-order valence-electron chi connectivity index (χ4n) is 3.50. The van der Waals surface area contributed by atoms with E-state index in [1.54, 1.807) is 6.08 Å².